The number of carbonyl (C=O) groups is 2. The quantitative estimate of drug-likeness (QED) is 0.492. The highest BCUT2D eigenvalue weighted by Crippen LogP contribution is 2.20. The molecule has 3 aromatic rings. The van der Waals surface area contributed by atoms with Crippen LogP contribution in [0.25, 0.3) is 10.8 Å². The van der Waals surface area contributed by atoms with Crippen LogP contribution in [0.1, 0.15) is 12.5 Å². The number of fused-ring (bicyclic) bond motifs is 1. The Morgan fingerprint density at radius 3 is 2.39 bits per heavy atom. The van der Waals surface area contributed by atoms with Gasteiger partial charge in [0.1, 0.15) is 5.75 Å². The summed E-state index contributed by atoms with van der Waals surface area (Å²) in [4.78, 5) is 23.7. The van der Waals surface area contributed by atoms with Crippen molar-refractivity contribution in [2.24, 2.45) is 5.10 Å². The summed E-state index contributed by atoms with van der Waals surface area (Å²) >= 11 is 0. The first kappa shape index (κ1) is 19.1. The lowest BCUT2D eigenvalue weighted by atomic mass is 10.1. The molecule has 0 unspecified atom stereocenters. The molecule has 0 saturated carbocycles. The Morgan fingerprint density at radius 1 is 0.893 bits per heavy atom. The lowest BCUT2D eigenvalue weighted by Crippen LogP contribution is -2.37. The van der Waals surface area contributed by atoms with Gasteiger partial charge in [0.05, 0.1) is 12.3 Å². The van der Waals surface area contributed by atoms with Gasteiger partial charge in [-0.15, -0.1) is 0 Å². The highest BCUT2D eigenvalue weighted by molar-refractivity contribution is 5.99. The van der Waals surface area contributed by atoms with Crippen LogP contribution < -0.4 is 15.5 Å². The second kappa shape index (κ2) is 9.32. The van der Waals surface area contributed by atoms with Gasteiger partial charge in [0.15, 0.2) is 6.61 Å². The Kier molecular flexibility index (Phi) is 6.36. The molecular formula is C22H21N3O3. The van der Waals surface area contributed by atoms with Crippen molar-refractivity contribution in [2.45, 2.75) is 6.92 Å². The monoisotopic (exact) mass is 375 g/mol. The molecule has 0 saturated heterocycles. The molecule has 0 atom stereocenters. The van der Waals surface area contributed by atoms with Gasteiger partial charge >= 0.3 is 0 Å². The fraction of sp³-hybridized carbons (Fsp3) is 0.136. The number of carbonyl (C=O) groups excluding carboxylic acids is 2. The molecule has 0 heterocycles. The van der Waals surface area contributed by atoms with Crippen molar-refractivity contribution in [2.75, 3.05) is 13.2 Å². The van der Waals surface area contributed by atoms with Gasteiger partial charge < -0.3 is 10.1 Å². The van der Waals surface area contributed by atoms with Crippen LogP contribution in [0.2, 0.25) is 0 Å². The van der Waals surface area contributed by atoms with Gasteiger partial charge in [0.25, 0.3) is 11.8 Å². The minimum Gasteiger partial charge on any atom is -0.484 e. The standard InChI is InChI=1S/C22H21N3O3/c1-16(17-7-3-2-4-8-17)24-25-21(26)14-23-22(27)15-28-20-12-11-18-9-5-6-10-19(18)13-20/h2-13H,14-15H2,1H3,(H,23,27)(H,25,26)/b24-16+. The number of rotatable bonds is 7. The van der Waals surface area contributed by atoms with E-state index in [1.54, 1.807) is 6.92 Å². The van der Waals surface area contributed by atoms with E-state index >= 15 is 0 Å². The predicted octanol–water partition coefficient (Wildman–Crippen LogP) is 2.88. The van der Waals surface area contributed by atoms with Crippen molar-refractivity contribution in [1.82, 2.24) is 10.7 Å². The Bertz CT molecular complexity index is 1000. The zero-order valence-electron chi connectivity index (χ0n) is 15.5. The van der Waals surface area contributed by atoms with E-state index in [0.29, 0.717) is 11.5 Å². The molecule has 0 fully saturated rings. The summed E-state index contributed by atoms with van der Waals surface area (Å²) in [5.74, 6) is -0.192. The van der Waals surface area contributed by atoms with E-state index in [1.165, 1.54) is 0 Å². The third-order valence-electron chi connectivity index (χ3n) is 4.08. The number of hydrogen-bond donors (Lipinski definition) is 2. The molecular weight excluding hydrogens is 354 g/mol. The third-order valence-corrected chi connectivity index (χ3v) is 4.08. The van der Waals surface area contributed by atoms with Crippen LogP contribution in [0.4, 0.5) is 0 Å². The third kappa shape index (κ3) is 5.41. The lowest BCUT2D eigenvalue weighted by molar-refractivity contribution is -0.127. The molecule has 3 rings (SSSR count). The molecule has 6 nitrogen and oxygen atoms in total. The number of hydrogen-bond acceptors (Lipinski definition) is 4. The van der Waals surface area contributed by atoms with Crippen molar-refractivity contribution in [3.63, 3.8) is 0 Å². The average molecular weight is 375 g/mol. The summed E-state index contributed by atoms with van der Waals surface area (Å²) in [7, 11) is 0. The van der Waals surface area contributed by atoms with Crippen LogP contribution in [0, 0.1) is 0 Å². The second-order valence-electron chi connectivity index (χ2n) is 6.17. The SMILES string of the molecule is C/C(=N\NC(=O)CNC(=O)COc1ccc2ccccc2c1)c1ccccc1. The Hall–Kier alpha value is -3.67. The highest BCUT2D eigenvalue weighted by atomic mass is 16.5. The first-order valence-corrected chi connectivity index (χ1v) is 8.88. The molecule has 28 heavy (non-hydrogen) atoms. The van der Waals surface area contributed by atoms with E-state index < -0.39 is 5.91 Å². The van der Waals surface area contributed by atoms with E-state index in [2.05, 4.69) is 15.8 Å². The first-order valence-electron chi connectivity index (χ1n) is 8.88. The Labute approximate surface area is 163 Å². The van der Waals surface area contributed by atoms with Crippen molar-refractivity contribution < 1.29 is 14.3 Å². The molecule has 2 amide bonds. The van der Waals surface area contributed by atoms with Crippen LogP contribution in [-0.4, -0.2) is 30.7 Å². The molecule has 0 aliphatic heterocycles. The Morgan fingerprint density at radius 2 is 1.61 bits per heavy atom. The average Bonchev–Trinajstić information content (AvgIpc) is 2.75. The van der Waals surface area contributed by atoms with E-state index in [1.807, 2.05) is 72.8 Å². The smallest absolute Gasteiger partial charge is 0.259 e. The van der Waals surface area contributed by atoms with Crippen molar-refractivity contribution in [3.8, 4) is 5.75 Å². The van der Waals surface area contributed by atoms with Gasteiger partial charge in [0, 0.05) is 0 Å². The van der Waals surface area contributed by atoms with Crippen molar-refractivity contribution >= 4 is 28.3 Å². The molecule has 3 aromatic carbocycles. The summed E-state index contributed by atoms with van der Waals surface area (Å²) in [6.45, 7) is 1.45. The number of nitrogens with zero attached hydrogens (tertiary/aromatic N) is 1. The highest BCUT2D eigenvalue weighted by Gasteiger charge is 2.07. The zero-order valence-corrected chi connectivity index (χ0v) is 15.5. The fourth-order valence-corrected chi connectivity index (χ4v) is 2.57. The topological polar surface area (TPSA) is 79.8 Å². The van der Waals surface area contributed by atoms with Crippen LogP contribution in [0.3, 0.4) is 0 Å². The first-order chi connectivity index (χ1) is 13.6. The van der Waals surface area contributed by atoms with Gasteiger partial charge in [-0.05, 0) is 35.4 Å². The van der Waals surface area contributed by atoms with E-state index in [9.17, 15) is 9.59 Å². The number of hydrazone groups is 1. The summed E-state index contributed by atoms with van der Waals surface area (Å²) in [5.41, 5.74) is 4.02. The molecule has 2 N–H and O–H groups in total. The van der Waals surface area contributed by atoms with Gasteiger partial charge in [0.2, 0.25) is 0 Å². The largest absolute Gasteiger partial charge is 0.484 e. The molecule has 0 radical (unpaired) electrons. The molecule has 0 aliphatic carbocycles. The van der Waals surface area contributed by atoms with E-state index in [-0.39, 0.29) is 19.1 Å². The maximum atomic E-state index is 11.9. The van der Waals surface area contributed by atoms with Gasteiger partial charge in [-0.1, -0.05) is 60.7 Å². The van der Waals surface area contributed by atoms with Crippen LogP contribution >= 0.6 is 0 Å². The predicted molar refractivity (Wildman–Crippen MR) is 109 cm³/mol. The minimum absolute atomic E-state index is 0.169. The molecule has 0 bridgehead atoms. The van der Waals surface area contributed by atoms with Gasteiger partial charge in [-0.3, -0.25) is 9.59 Å². The van der Waals surface area contributed by atoms with Crippen LogP contribution in [0.15, 0.2) is 77.9 Å². The number of ether oxygens (including phenoxy) is 1. The normalized spacial score (nSPS) is 11.1. The van der Waals surface area contributed by atoms with Crippen LogP contribution in [-0.2, 0) is 9.59 Å². The second-order valence-corrected chi connectivity index (χ2v) is 6.17. The van der Waals surface area contributed by atoms with Gasteiger partial charge in [-0.2, -0.15) is 5.10 Å². The molecule has 142 valence electrons. The maximum absolute atomic E-state index is 11.9. The number of nitrogens with one attached hydrogen (secondary N) is 2. The van der Waals surface area contributed by atoms with E-state index in [4.69, 9.17) is 4.74 Å². The molecule has 0 aliphatic rings. The molecule has 0 aromatic heterocycles. The maximum Gasteiger partial charge on any atom is 0.259 e. The van der Waals surface area contributed by atoms with Crippen molar-refractivity contribution in [1.29, 1.82) is 0 Å². The summed E-state index contributed by atoms with van der Waals surface area (Å²) < 4.78 is 5.49. The fourth-order valence-electron chi connectivity index (χ4n) is 2.57. The van der Waals surface area contributed by atoms with Crippen LogP contribution in [0.5, 0.6) is 5.75 Å². The number of benzene rings is 3. The molecule has 6 heteroatoms. The minimum atomic E-state index is -0.408. The summed E-state index contributed by atoms with van der Waals surface area (Å²) in [6.07, 6.45) is 0. The number of amides is 2. The summed E-state index contributed by atoms with van der Waals surface area (Å²) in [6, 6.07) is 23.0. The zero-order chi connectivity index (χ0) is 19.8. The Balaban J connectivity index is 1.42. The van der Waals surface area contributed by atoms with Gasteiger partial charge in [-0.25, -0.2) is 5.43 Å². The van der Waals surface area contributed by atoms with Crippen molar-refractivity contribution in [3.05, 3.63) is 78.4 Å². The summed E-state index contributed by atoms with van der Waals surface area (Å²) in [5, 5.41) is 8.67. The van der Waals surface area contributed by atoms with E-state index in [0.717, 1.165) is 16.3 Å². The lowest BCUT2D eigenvalue weighted by Gasteiger charge is -2.08. The molecule has 0 spiro atoms.